The Bertz CT molecular complexity index is 444. The van der Waals surface area contributed by atoms with Gasteiger partial charge in [-0.05, 0) is 12.1 Å². The van der Waals surface area contributed by atoms with E-state index in [0.717, 1.165) is 0 Å². The van der Waals surface area contributed by atoms with E-state index in [2.05, 4.69) is 4.74 Å². The molecule has 3 N–H and O–H groups in total. The molecule has 0 unspecified atom stereocenters. The van der Waals surface area contributed by atoms with Crippen LogP contribution in [0.2, 0.25) is 0 Å². The van der Waals surface area contributed by atoms with Crippen molar-refractivity contribution in [1.29, 1.82) is 0 Å². The van der Waals surface area contributed by atoms with Crippen LogP contribution in [0.25, 0.3) is 0 Å². The number of hydrogen-bond donors (Lipinski definition) is 3. The zero-order valence-electron chi connectivity index (χ0n) is 9.20. The number of carbonyl (C=O) groups is 3. The Kier molecular flexibility index (Phi) is 4.82. The number of hydrogen-bond acceptors (Lipinski definition) is 5. The number of esters is 1. The molecule has 1 aromatic rings. The van der Waals surface area contributed by atoms with E-state index in [1.807, 2.05) is 5.32 Å². The summed E-state index contributed by atoms with van der Waals surface area (Å²) in [5.41, 5.74) is 0.187. The van der Waals surface area contributed by atoms with Crippen molar-refractivity contribution in [1.82, 2.24) is 5.32 Å². The number of aliphatic carboxylic acids is 1. The Balaban J connectivity index is 2.41. The zero-order chi connectivity index (χ0) is 13.5. The van der Waals surface area contributed by atoms with Crippen molar-refractivity contribution in [3.8, 4) is 0 Å². The summed E-state index contributed by atoms with van der Waals surface area (Å²) in [5.74, 6) is -2.34. The molecule has 0 saturated carbocycles. The highest BCUT2D eigenvalue weighted by atomic mass is 16.6. The van der Waals surface area contributed by atoms with Gasteiger partial charge in [0.15, 0.2) is 6.10 Å². The van der Waals surface area contributed by atoms with Crippen LogP contribution in [0.1, 0.15) is 10.4 Å². The van der Waals surface area contributed by atoms with Gasteiger partial charge in [0.25, 0.3) is 0 Å². The molecule has 0 aliphatic heterocycles. The molecule has 0 spiro atoms. The van der Waals surface area contributed by atoms with E-state index in [-0.39, 0.29) is 5.56 Å². The zero-order valence-corrected chi connectivity index (χ0v) is 9.20. The lowest BCUT2D eigenvalue weighted by molar-refractivity contribution is -0.146. The highest BCUT2D eigenvalue weighted by Crippen LogP contribution is 2.00. The summed E-state index contributed by atoms with van der Waals surface area (Å²) in [4.78, 5) is 32.7. The van der Waals surface area contributed by atoms with E-state index < -0.39 is 30.7 Å². The Morgan fingerprint density at radius 2 is 1.83 bits per heavy atom. The van der Waals surface area contributed by atoms with Gasteiger partial charge in [-0.15, -0.1) is 0 Å². The molecule has 18 heavy (non-hydrogen) atoms. The number of carboxylic acids is 1. The minimum absolute atomic E-state index is 0.187. The maximum atomic E-state index is 11.4. The summed E-state index contributed by atoms with van der Waals surface area (Å²) in [6.07, 6.45) is -2.87. The number of carboxylic acid groups (broad SMARTS) is 1. The first-order valence-electron chi connectivity index (χ1n) is 4.96. The Morgan fingerprint density at radius 3 is 2.39 bits per heavy atom. The maximum absolute atomic E-state index is 11.4. The predicted octanol–water partition coefficient (Wildman–Crippen LogP) is -0.00150. The number of carbonyl (C=O) groups excluding carboxylic acids is 2. The van der Waals surface area contributed by atoms with Crippen LogP contribution in [0.15, 0.2) is 30.3 Å². The van der Waals surface area contributed by atoms with E-state index in [1.165, 1.54) is 12.1 Å². The second-order valence-corrected chi connectivity index (χ2v) is 3.28. The predicted molar refractivity (Wildman–Crippen MR) is 58.9 cm³/mol. The van der Waals surface area contributed by atoms with Crippen LogP contribution in [0.4, 0.5) is 4.79 Å². The summed E-state index contributed by atoms with van der Waals surface area (Å²) >= 11 is 0. The number of alkyl carbamates (subject to hydrolysis) is 1. The number of nitrogens with one attached hydrogen (secondary N) is 1. The number of ether oxygens (including phenoxy) is 1. The van der Waals surface area contributed by atoms with Gasteiger partial charge in [-0.2, -0.15) is 0 Å². The Hall–Kier alpha value is -2.41. The summed E-state index contributed by atoms with van der Waals surface area (Å²) in [6, 6.07) is 7.81. The first-order valence-corrected chi connectivity index (χ1v) is 4.96. The lowest BCUT2D eigenvalue weighted by Gasteiger charge is -2.07. The SMILES string of the molecule is O=C(NC[C@H](O)C(=O)O)OC(=O)c1ccccc1. The van der Waals surface area contributed by atoms with Crippen LogP contribution in [0.3, 0.4) is 0 Å². The van der Waals surface area contributed by atoms with Crippen LogP contribution in [-0.2, 0) is 9.53 Å². The van der Waals surface area contributed by atoms with E-state index in [9.17, 15) is 14.4 Å². The average molecular weight is 253 g/mol. The molecular formula is C11H11NO6. The third kappa shape index (κ3) is 4.22. The van der Waals surface area contributed by atoms with Crippen molar-refractivity contribution in [3.05, 3.63) is 35.9 Å². The van der Waals surface area contributed by atoms with E-state index in [4.69, 9.17) is 10.2 Å². The van der Waals surface area contributed by atoms with E-state index in [1.54, 1.807) is 18.2 Å². The van der Waals surface area contributed by atoms with Crippen molar-refractivity contribution < 1.29 is 29.3 Å². The molecule has 0 aromatic heterocycles. The number of rotatable bonds is 4. The lowest BCUT2D eigenvalue weighted by Crippen LogP contribution is -2.37. The molecule has 0 radical (unpaired) electrons. The summed E-state index contributed by atoms with van der Waals surface area (Å²) in [7, 11) is 0. The van der Waals surface area contributed by atoms with Crippen molar-refractivity contribution in [2.24, 2.45) is 0 Å². The third-order valence-corrected chi connectivity index (χ3v) is 1.92. The van der Waals surface area contributed by atoms with Gasteiger partial charge in [-0.3, -0.25) is 0 Å². The van der Waals surface area contributed by atoms with Crippen molar-refractivity contribution >= 4 is 18.0 Å². The number of amides is 1. The lowest BCUT2D eigenvalue weighted by atomic mass is 10.2. The summed E-state index contributed by atoms with van der Waals surface area (Å²) < 4.78 is 4.37. The van der Waals surface area contributed by atoms with Gasteiger partial charge >= 0.3 is 18.0 Å². The Labute approximate surface area is 102 Å². The first kappa shape index (κ1) is 13.7. The van der Waals surface area contributed by atoms with Gasteiger partial charge in [0.05, 0.1) is 12.1 Å². The highest BCUT2D eigenvalue weighted by molar-refractivity contribution is 5.96. The molecule has 1 aromatic carbocycles. The second-order valence-electron chi connectivity index (χ2n) is 3.28. The second kappa shape index (κ2) is 6.36. The molecule has 0 bridgehead atoms. The molecule has 0 saturated heterocycles. The van der Waals surface area contributed by atoms with E-state index in [0.29, 0.717) is 0 Å². The standard InChI is InChI=1S/C11H11NO6/c13-8(9(14)15)6-12-11(17)18-10(16)7-4-2-1-3-5-7/h1-5,8,13H,6H2,(H,12,17)(H,14,15)/t8-/m0/s1. The van der Waals surface area contributed by atoms with Crippen molar-refractivity contribution in [2.75, 3.05) is 6.54 Å². The normalized spacial score (nSPS) is 11.4. The molecule has 1 amide bonds. The monoisotopic (exact) mass is 253 g/mol. The summed E-state index contributed by atoms with van der Waals surface area (Å²) in [5, 5.41) is 19.2. The fraction of sp³-hybridized carbons (Fsp3) is 0.182. The van der Waals surface area contributed by atoms with Gasteiger partial charge < -0.3 is 20.3 Å². The Morgan fingerprint density at radius 1 is 1.22 bits per heavy atom. The van der Waals surface area contributed by atoms with Crippen molar-refractivity contribution in [2.45, 2.75) is 6.10 Å². The molecule has 7 nitrogen and oxygen atoms in total. The molecule has 96 valence electrons. The molecule has 1 atom stereocenters. The average Bonchev–Trinajstić information content (AvgIpc) is 2.36. The van der Waals surface area contributed by atoms with Crippen LogP contribution < -0.4 is 5.32 Å². The molecule has 1 rings (SSSR count). The number of aliphatic hydroxyl groups is 1. The van der Waals surface area contributed by atoms with Gasteiger partial charge in [0, 0.05) is 0 Å². The number of aliphatic hydroxyl groups excluding tert-OH is 1. The van der Waals surface area contributed by atoms with Crippen LogP contribution in [0.5, 0.6) is 0 Å². The molecule has 7 heteroatoms. The smallest absolute Gasteiger partial charge is 0.415 e. The quantitative estimate of drug-likeness (QED) is 0.514. The first-order chi connectivity index (χ1) is 8.50. The van der Waals surface area contributed by atoms with Gasteiger partial charge in [0.2, 0.25) is 0 Å². The molecule has 0 fully saturated rings. The molecule has 0 heterocycles. The fourth-order valence-corrected chi connectivity index (χ4v) is 1.02. The highest BCUT2D eigenvalue weighted by Gasteiger charge is 2.17. The minimum atomic E-state index is -1.75. The fourth-order valence-electron chi connectivity index (χ4n) is 1.02. The molecule has 0 aliphatic carbocycles. The van der Waals surface area contributed by atoms with Crippen molar-refractivity contribution in [3.63, 3.8) is 0 Å². The van der Waals surface area contributed by atoms with Gasteiger partial charge in [-0.1, -0.05) is 18.2 Å². The third-order valence-electron chi connectivity index (χ3n) is 1.92. The van der Waals surface area contributed by atoms with Crippen LogP contribution in [-0.4, -0.2) is 40.9 Å². The summed E-state index contributed by atoms with van der Waals surface area (Å²) in [6.45, 7) is -0.545. The minimum Gasteiger partial charge on any atom is -0.479 e. The van der Waals surface area contributed by atoms with Gasteiger partial charge in [-0.25, -0.2) is 14.4 Å². The maximum Gasteiger partial charge on any atom is 0.415 e. The van der Waals surface area contributed by atoms with Crippen LogP contribution in [0, 0.1) is 0 Å². The topological polar surface area (TPSA) is 113 Å². The largest absolute Gasteiger partial charge is 0.479 e. The van der Waals surface area contributed by atoms with Gasteiger partial charge in [0.1, 0.15) is 0 Å². The molecule has 0 aliphatic rings. The number of benzene rings is 1. The van der Waals surface area contributed by atoms with E-state index >= 15 is 0 Å². The van der Waals surface area contributed by atoms with Crippen LogP contribution >= 0.6 is 0 Å². The molecular weight excluding hydrogens is 242 g/mol.